The zero-order valence-corrected chi connectivity index (χ0v) is 15.2. The molecule has 1 N–H and O–H groups in total. The number of rotatable bonds is 3. The van der Waals surface area contributed by atoms with E-state index in [1.54, 1.807) is 12.4 Å². The second-order valence-electron chi connectivity index (χ2n) is 6.73. The van der Waals surface area contributed by atoms with Crippen molar-refractivity contribution in [2.75, 3.05) is 18.0 Å². The van der Waals surface area contributed by atoms with Crippen LogP contribution in [0.3, 0.4) is 0 Å². The molecule has 142 valence electrons. The van der Waals surface area contributed by atoms with Gasteiger partial charge in [-0.3, -0.25) is 4.98 Å². The van der Waals surface area contributed by atoms with Gasteiger partial charge in [0.25, 0.3) is 5.69 Å². The fourth-order valence-electron chi connectivity index (χ4n) is 3.64. The van der Waals surface area contributed by atoms with Gasteiger partial charge in [0.2, 0.25) is 5.95 Å². The van der Waals surface area contributed by atoms with E-state index in [9.17, 15) is 9.50 Å². The zero-order chi connectivity index (χ0) is 19.7. The third kappa shape index (κ3) is 3.13. The molecular weight excluding hydrogens is 361 g/mol. The molecule has 28 heavy (non-hydrogen) atoms. The SMILES string of the molecule is [C-]#[N+]c1c(O)cnc(-c2ccc(F)nc2)c1N1CCC(c2nncn2C)CC1. The summed E-state index contributed by atoms with van der Waals surface area (Å²) in [6, 6.07) is 2.83. The topological polar surface area (TPSA) is 84.3 Å². The number of halogens is 1. The van der Waals surface area contributed by atoms with Gasteiger partial charge in [0.1, 0.15) is 17.9 Å². The van der Waals surface area contributed by atoms with Crippen LogP contribution in [0.15, 0.2) is 30.9 Å². The maximum absolute atomic E-state index is 13.2. The molecule has 4 heterocycles. The smallest absolute Gasteiger partial charge is 0.254 e. The van der Waals surface area contributed by atoms with E-state index in [1.165, 1.54) is 18.5 Å². The Kier molecular flexibility index (Phi) is 4.61. The summed E-state index contributed by atoms with van der Waals surface area (Å²) in [5, 5.41) is 18.3. The Morgan fingerprint density at radius 3 is 2.61 bits per heavy atom. The van der Waals surface area contributed by atoms with Crippen molar-refractivity contribution in [2.45, 2.75) is 18.8 Å². The molecule has 9 heteroatoms. The van der Waals surface area contributed by atoms with Crippen LogP contribution in [0.25, 0.3) is 16.1 Å². The minimum atomic E-state index is -0.584. The first-order chi connectivity index (χ1) is 13.6. The first-order valence-corrected chi connectivity index (χ1v) is 8.88. The van der Waals surface area contributed by atoms with Crippen molar-refractivity contribution in [3.05, 3.63) is 54.0 Å². The molecule has 0 spiro atoms. The summed E-state index contributed by atoms with van der Waals surface area (Å²) in [4.78, 5) is 13.6. The minimum Gasteiger partial charge on any atom is -0.517 e. The molecule has 8 nitrogen and oxygen atoms in total. The van der Waals surface area contributed by atoms with Gasteiger partial charge in [0.15, 0.2) is 0 Å². The van der Waals surface area contributed by atoms with Crippen molar-refractivity contribution < 1.29 is 9.50 Å². The normalized spacial score (nSPS) is 14.8. The van der Waals surface area contributed by atoms with Crippen molar-refractivity contribution in [3.63, 3.8) is 0 Å². The molecule has 3 aromatic rings. The Morgan fingerprint density at radius 1 is 1.21 bits per heavy atom. The summed E-state index contributed by atoms with van der Waals surface area (Å²) in [6.07, 6.45) is 6.00. The van der Waals surface area contributed by atoms with E-state index in [1.807, 2.05) is 16.5 Å². The highest BCUT2D eigenvalue weighted by atomic mass is 19.1. The fraction of sp³-hybridized carbons (Fsp3) is 0.316. The largest absolute Gasteiger partial charge is 0.517 e. The summed E-state index contributed by atoms with van der Waals surface area (Å²) in [5.41, 5.74) is 1.80. The average molecular weight is 379 g/mol. The second kappa shape index (κ2) is 7.23. The van der Waals surface area contributed by atoms with E-state index in [4.69, 9.17) is 6.57 Å². The minimum absolute atomic E-state index is 0.145. The molecule has 0 atom stereocenters. The predicted molar refractivity (Wildman–Crippen MR) is 101 cm³/mol. The molecule has 1 aliphatic rings. The lowest BCUT2D eigenvalue weighted by molar-refractivity contribution is 0.468. The number of aryl methyl sites for hydroxylation is 1. The van der Waals surface area contributed by atoms with E-state index in [2.05, 4.69) is 25.0 Å². The molecule has 1 saturated heterocycles. The maximum Gasteiger partial charge on any atom is 0.254 e. The van der Waals surface area contributed by atoms with Gasteiger partial charge in [-0.25, -0.2) is 9.83 Å². The molecule has 1 aliphatic heterocycles. The van der Waals surface area contributed by atoms with E-state index in [0.717, 1.165) is 18.7 Å². The Hall–Kier alpha value is -3.54. The molecule has 0 bridgehead atoms. The number of hydrogen-bond donors (Lipinski definition) is 1. The van der Waals surface area contributed by atoms with E-state index >= 15 is 0 Å². The Balaban J connectivity index is 1.69. The van der Waals surface area contributed by atoms with Crippen molar-refractivity contribution >= 4 is 11.4 Å². The van der Waals surface area contributed by atoms with E-state index < -0.39 is 5.95 Å². The molecule has 0 amide bonds. The van der Waals surface area contributed by atoms with Gasteiger partial charge in [0.05, 0.1) is 24.2 Å². The molecule has 4 rings (SSSR count). The van der Waals surface area contributed by atoms with Gasteiger partial charge < -0.3 is 14.6 Å². The fourth-order valence-corrected chi connectivity index (χ4v) is 3.64. The highest BCUT2D eigenvalue weighted by molar-refractivity contribution is 5.88. The molecule has 3 aromatic heterocycles. The van der Waals surface area contributed by atoms with Gasteiger partial charge >= 0.3 is 0 Å². The van der Waals surface area contributed by atoms with Crippen molar-refractivity contribution in [3.8, 4) is 17.0 Å². The number of pyridine rings is 2. The summed E-state index contributed by atoms with van der Waals surface area (Å²) < 4.78 is 15.2. The van der Waals surface area contributed by atoms with E-state index in [0.29, 0.717) is 30.0 Å². The maximum atomic E-state index is 13.2. The number of piperidine rings is 1. The predicted octanol–water partition coefficient (Wildman–Crippen LogP) is 3.05. The third-order valence-corrected chi connectivity index (χ3v) is 5.04. The van der Waals surface area contributed by atoms with Crippen LogP contribution >= 0.6 is 0 Å². The Bertz CT molecular complexity index is 1030. The van der Waals surface area contributed by atoms with Gasteiger partial charge in [-0.1, -0.05) is 0 Å². The average Bonchev–Trinajstić information content (AvgIpc) is 3.14. The third-order valence-electron chi connectivity index (χ3n) is 5.04. The van der Waals surface area contributed by atoms with Crippen LogP contribution in [-0.4, -0.2) is 42.9 Å². The highest BCUT2D eigenvalue weighted by Gasteiger charge is 2.28. The first-order valence-electron chi connectivity index (χ1n) is 8.88. The van der Waals surface area contributed by atoms with Crippen molar-refractivity contribution in [1.29, 1.82) is 0 Å². The lowest BCUT2D eigenvalue weighted by Crippen LogP contribution is -2.34. The summed E-state index contributed by atoms with van der Waals surface area (Å²) >= 11 is 0. The van der Waals surface area contributed by atoms with Crippen LogP contribution in [0, 0.1) is 12.5 Å². The highest BCUT2D eigenvalue weighted by Crippen LogP contribution is 2.44. The zero-order valence-electron chi connectivity index (χ0n) is 15.2. The number of anilines is 1. The molecule has 0 unspecified atom stereocenters. The van der Waals surface area contributed by atoms with Crippen LogP contribution in [0.1, 0.15) is 24.6 Å². The lowest BCUT2D eigenvalue weighted by Gasteiger charge is -2.34. The van der Waals surface area contributed by atoms with Crippen LogP contribution in [0.4, 0.5) is 15.8 Å². The van der Waals surface area contributed by atoms with Crippen LogP contribution in [0.5, 0.6) is 5.75 Å². The molecule has 1 fully saturated rings. The van der Waals surface area contributed by atoms with E-state index in [-0.39, 0.29) is 17.4 Å². The van der Waals surface area contributed by atoms with Crippen molar-refractivity contribution in [1.82, 2.24) is 24.7 Å². The van der Waals surface area contributed by atoms with Crippen LogP contribution in [-0.2, 0) is 7.05 Å². The summed E-state index contributed by atoms with van der Waals surface area (Å²) in [5.74, 6) is 0.474. The van der Waals surface area contributed by atoms with Crippen LogP contribution in [0.2, 0.25) is 0 Å². The van der Waals surface area contributed by atoms with Gasteiger partial charge in [0, 0.05) is 37.8 Å². The van der Waals surface area contributed by atoms with Gasteiger partial charge in [-0.2, -0.15) is 4.39 Å². The van der Waals surface area contributed by atoms with Gasteiger partial charge in [-0.15, -0.1) is 10.2 Å². The quantitative estimate of drug-likeness (QED) is 0.556. The molecule has 0 aromatic carbocycles. The Labute approximate surface area is 161 Å². The molecule has 0 radical (unpaired) electrons. The summed E-state index contributed by atoms with van der Waals surface area (Å²) in [7, 11) is 1.93. The number of hydrogen-bond acceptors (Lipinski definition) is 6. The van der Waals surface area contributed by atoms with Crippen LogP contribution < -0.4 is 4.90 Å². The number of aromatic nitrogens is 5. The standard InChI is InChI=1S/C19H18FN7O/c1-21-17-14(28)10-23-16(13-3-4-15(20)22-9-13)18(17)27-7-5-12(6-8-27)19-25-24-11-26(19)2/h3-4,9-12,28H,5-8H2,2H3. The monoisotopic (exact) mass is 379 g/mol. The molecule has 0 saturated carbocycles. The number of aromatic hydroxyl groups is 1. The first kappa shape index (κ1) is 17.9. The van der Waals surface area contributed by atoms with Gasteiger partial charge in [-0.05, 0) is 25.0 Å². The molecular formula is C19H18FN7O. The molecule has 0 aliphatic carbocycles. The number of nitrogens with zero attached hydrogens (tertiary/aromatic N) is 7. The lowest BCUT2D eigenvalue weighted by atomic mass is 9.95. The van der Waals surface area contributed by atoms with Crippen molar-refractivity contribution in [2.24, 2.45) is 7.05 Å². The second-order valence-corrected chi connectivity index (χ2v) is 6.73. The summed E-state index contributed by atoms with van der Waals surface area (Å²) in [6.45, 7) is 8.88. The Morgan fingerprint density at radius 2 is 2.00 bits per heavy atom.